The van der Waals surface area contributed by atoms with Gasteiger partial charge in [-0.05, 0) is 41.4 Å². The highest BCUT2D eigenvalue weighted by Gasteiger charge is 2.30. The molecule has 29 heavy (non-hydrogen) atoms. The fraction of sp³-hybridized carbons (Fsp3) is 0.211. The van der Waals surface area contributed by atoms with E-state index in [1.807, 2.05) is 28.5 Å². The highest BCUT2D eigenvalue weighted by Crippen LogP contribution is 2.31. The first kappa shape index (κ1) is 19.3. The van der Waals surface area contributed by atoms with Crippen molar-refractivity contribution >= 4 is 51.8 Å². The maximum absolute atomic E-state index is 12.6. The van der Waals surface area contributed by atoms with E-state index in [2.05, 4.69) is 4.99 Å². The van der Waals surface area contributed by atoms with Gasteiger partial charge in [0.15, 0.2) is 5.17 Å². The molecule has 10 heteroatoms. The van der Waals surface area contributed by atoms with Gasteiger partial charge in [0.1, 0.15) is 0 Å². The number of rotatable bonds is 3. The van der Waals surface area contributed by atoms with Crippen LogP contribution in [0.5, 0.6) is 0 Å². The summed E-state index contributed by atoms with van der Waals surface area (Å²) >= 11 is 2.93. The lowest BCUT2D eigenvalue weighted by atomic mass is 10.1. The van der Waals surface area contributed by atoms with Gasteiger partial charge in [-0.25, -0.2) is 0 Å². The summed E-state index contributed by atoms with van der Waals surface area (Å²) in [7, 11) is 0. The van der Waals surface area contributed by atoms with Crippen LogP contribution < -0.4 is 0 Å². The van der Waals surface area contributed by atoms with E-state index < -0.39 is 4.92 Å². The van der Waals surface area contributed by atoms with Crippen LogP contribution in [0.2, 0.25) is 0 Å². The number of piperazine rings is 1. The molecule has 0 bridgehead atoms. The Morgan fingerprint density at radius 2 is 1.86 bits per heavy atom. The van der Waals surface area contributed by atoms with E-state index in [0.29, 0.717) is 41.8 Å². The number of aliphatic imine (C=N–C) groups is 1. The third kappa shape index (κ3) is 4.22. The molecule has 148 valence electrons. The highest BCUT2D eigenvalue weighted by atomic mass is 32.2. The van der Waals surface area contributed by atoms with Crippen molar-refractivity contribution in [2.45, 2.75) is 0 Å². The summed E-state index contributed by atoms with van der Waals surface area (Å²) in [5.41, 5.74) is 0.381. The number of benzene rings is 1. The molecule has 2 amide bonds. The van der Waals surface area contributed by atoms with Gasteiger partial charge in [0.05, 0.1) is 9.83 Å². The number of non-ortho nitro benzene ring substituents is 1. The van der Waals surface area contributed by atoms with Crippen LogP contribution >= 0.6 is 23.1 Å². The molecule has 1 fully saturated rings. The first-order valence-electron chi connectivity index (χ1n) is 8.86. The van der Waals surface area contributed by atoms with Crippen molar-refractivity contribution in [1.29, 1.82) is 0 Å². The molecule has 0 spiro atoms. The quantitative estimate of drug-likeness (QED) is 0.423. The molecular weight excluding hydrogens is 412 g/mol. The summed E-state index contributed by atoms with van der Waals surface area (Å²) in [6.45, 7) is 2.13. The maximum atomic E-state index is 12.6. The Morgan fingerprint density at radius 3 is 2.48 bits per heavy atom. The van der Waals surface area contributed by atoms with Crippen molar-refractivity contribution in [3.63, 3.8) is 0 Å². The van der Waals surface area contributed by atoms with Crippen LogP contribution in [0.3, 0.4) is 0 Å². The lowest BCUT2D eigenvalue weighted by molar-refractivity contribution is -0.384. The fourth-order valence-electron chi connectivity index (χ4n) is 3.04. The van der Waals surface area contributed by atoms with Gasteiger partial charge in [-0.1, -0.05) is 6.07 Å². The molecular formula is C19H16N4O4S2. The highest BCUT2D eigenvalue weighted by molar-refractivity contribution is 8.18. The Labute approximate surface area is 174 Å². The average molecular weight is 428 g/mol. The number of amides is 2. The predicted molar refractivity (Wildman–Crippen MR) is 113 cm³/mol. The van der Waals surface area contributed by atoms with Crippen LogP contribution in [0.4, 0.5) is 5.69 Å². The Morgan fingerprint density at radius 1 is 1.14 bits per heavy atom. The molecule has 0 aliphatic carbocycles. The number of hydrogen-bond donors (Lipinski definition) is 0. The smallest absolute Gasteiger partial charge is 0.286 e. The van der Waals surface area contributed by atoms with Crippen LogP contribution in [-0.2, 0) is 4.79 Å². The lowest BCUT2D eigenvalue weighted by Crippen LogP contribution is -2.49. The normalized spacial score (nSPS) is 18.3. The molecule has 4 rings (SSSR count). The van der Waals surface area contributed by atoms with E-state index in [9.17, 15) is 19.7 Å². The van der Waals surface area contributed by atoms with Crippen LogP contribution in [-0.4, -0.2) is 57.9 Å². The molecule has 2 aromatic rings. The second kappa shape index (κ2) is 8.18. The summed E-state index contributed by atoms with van der Waals surface area (Å²) < 4.78 is 0. The Kier molecular flexibility index (Phi) is 5.45. The van der Waals surface area contributed by atoms with Crippen LogP contribution in [0, 0.1) is 10.1 Å². The topological polar surface area (TPSA) is 96.1 Å². The summed E-state index contributed by atoms with van der Waals surface area (Å²) in [6.07, 6.45) is 1.85. The molecule has 0 saturated carbocycles. The number of hydrogen-bond acceptors (Lipinski definition) is 7. The van der Waals surface area contributed by atoms with Crippen molar-refractivity contribution in [2.75, 3.05) is 26.2 Å². The average Bonchev–Trinajstić information content (AvgIpc) is 3.38. The second-order valence-electron chi connectivity index (χ2n) is 6.41. The molecule has 1 aromatic heterocycles. The first-order chi connectivity index (χ1) is 14.0. The van der Waals surface area contributed by atoms with Crippen molar-refractivity contribution in [1.82, 2.24) is 9.80 Å². The van der Waals surface area contributed by atoms with Gasteiger partial charge in [-0.2, -0.15) is 4.99 Å². The van der Waals surface area contributed by atoms with Gasteiger partial charge >= 0.3 is 0 Å². The first-order valence-corrected chi connectivity index (χ1v) is 10.6. The van der Waals surface area contributed by atoms with Gasteiger partial charge in [0.25, 0.3) is 17.5 Å². The number of nitro groups is 1. The zero-order chi connectivity index (χ0) is 20.4. The number of nitro benzene ring substituents is 1. The summed E-state index contributed by atoms with van der Waals surface area (Å²) in [5.74, 6) is -0.391. The van der Waals surface area contributed by atoms with Gasteiger partial charge in [-0.3, -0.25) is 19.7 Å². The second-order valence-corrected chi connectivity index (χ2v) is 8.40. The number of carbonyl (C=O) groups is 2. The van der Waals surface area contributed by atoms with Gasteiger partial charge in [-0.15, -0.1) is 11.3 Å². The van der Waals surface area contributed by atoms with Crippen molar-refractivity contribution in [3.05, 3.63) is 67.2 Å². The van der Waals surface area contributed by atoms with E-state index in [1.54, 1.807) is 16.2 Å². The number of thiophene rings is 1. The molecule has 0 atom stereocenters. The Hall–Kier alpha value is -2.98. The molecule has 8 nitrogen and oxygen atoms in total. The number of thioether (sulfide) groups is 1. The number of carbonyl (C=O) groups excluding carboxylic acids is 2. The van der Waals surface area contributed by atoms with E-state index in [4.69, 9.17) is 0 Å². The SMILES string of the molecule is O=C1N=C(N2CCN(C(=O)c3ccc([N+](=O)[O-])cc3)CC2)SC1=Cc1cccs1. The molecule has 3 heterocycles. The predicted octanol–water partition coefficient (Wildman–Crippen LogP) is 3.08. The summed E-state index contributed by atoms with van der Waals surface area (Å²) in [4.78, 5) is 44.6. The third-order valence-electron chi connectivity index (χ3n) is 4.59. The zero-order valence-electron chi connectivity index (χ0n) is 15.2. The minimum atomic E-state index is -0.491. The lowest BCUT2D eigenvalue weighted by Gasteiger charge is -2.35. The minimum absolute atomic E-state index is 0.0429. The van der Waals surface area contributed by atoms with Gasteiger partial charge < -0.3 is 9.80 Å². The molecule has 1 aromatic carbocycles. The van der Waals surface area contributed by atoms with E-state index in [0.717, 1.165) is 4.88 Å². The molecule has 0 N–H and O–H groups in total. The Bertz CT molecular complexity index is 1010. The van der Waals surface area contributed by atoms with Gasteiger partial charge in [0.2, 0.25) is 0 Å². The number of nitrogens with zero attached hydrogens (tertiary/aromatic N) is 4. The van der Waals surface area contributed by atoms with Crippen molar-refractivity contribution < 1.29 is 14.5 Å². The molecule has 1 saturated heterocycles. The van der Waals surface area contributed by atoms with Crippen LogP contribution in [0.15, 0.2) is 51.7 Å². The van der Waals surface area contributed by atoms with E-state index in [1.165, 1.54) is 36.0 Å². The Balaban J connectivity index is 1.36. The van der Waals surface area contributed by atoms with E-state index >= 15 is 0 Å². The molecule has 0 unspecified atom stereocenters. The largest absolute Gasteiger partial charge is 0.347 e. The zero-order valence-corrected chi connectivity index (χ0v) is 16.8. The molecule has 0 radical (unpaired) electrons. The number of amidine groups is 1. The van der Waals surface area contributed by atoms with Crippen LogP contribution in [0.1, 0.15) is 15.2 Å². The minimum Gasteiger partial charge on any atom is -0.347 e. The van der Waals surface area contributed by atoms with E-state index in [-0.39, 0.29) is 17.5 Å². The summed E-state index contributed by atoms with van der Waals surface area (Å²) in [5, 5.41) is 13.4. The molecule has 2 aliphatic rings. The maximum Gasteiger partial charge on any atom is 0.286 e. The standard InChI is InChI=1S/C19H16N4O4S2/c24-17-16(12-15-2-1-11-28-15)29-19(20-17)22-9-7-21(8-10-22)18(25)13-3-5-14(6-4-13)23(26)27/h1-6,11-12H,7-10H2. The monoisotopic (exact) mass is 428 g/mol. The molecule has 2 aliphatic heterocycles. The van der Waals surface area contributed by atoms with Crippen molar-refractivity contribution in [2.24, 2.45) is 4.99 Å². The fourth-order valence-corrected chi connectivity index (χ4v) is 4.73. The third-order valence-corrected chi connectivity index (χ3v) is 6.45. The van der Waals surface area contributed by atoms with Crippen LogP contribution in [0.25, 0.3) is 6.08 Å². The van der Waals surface area contributed by atoms with Gasteiger partial charge in [0, 0.05) is 48.8 Å². The van der Waals surface area contributed by atoms with Crippen molar-refractivity contribution in [3.8, 4) is 0 Å². The summed E-state index contributed by atoms with van der Waals surface area (Å²) in [6, 6.07) is 9.51.